The number of aromatic nitrogens is 3. The molecule has 1 saturated heterocycles. The molecule has 0 N–H and O–H groups in total. The fourth-order valence-corrected chi connectivity index (χ4v) is 3.72. The Morgan fingerprint density at radius 3 is 2.61 bits per heavy atom. The summed E-state index contributed by atoms with van der Waals surface area (Å²) in [6.45, 7) is 10.9. The number of rotatable bonds is 5. The van der Waals surface area contributed by atoms with Gasteiger partial charge in [-0.25, -0.2) is 4.98 Å². The molecule has 0 atom stereocenters. The second-order valence-electron chi connectivity index (χ2n) is 7.77. The molecule has 2 aromatic heterocycles. The number of hydrogen-bond donors (Lipinski definition) is 0. The van der Waals surface area contributed by atoms with Crippen molar-refractivity contribution in [3.8, 4) is 0 Å². The van der Waals surface area contributed by atoms with E-state index in [1.807, 2.05) is 45.0 Å². The SMILES string of the molecule is Cc1cc(CCN2CCN(c3ccc4c(=O)n(C(C)C)cnc4c3)CC2)on1. The van der Waals surface area contributed by atoms with Crippen molar-refractivity contribution < 1.29 is 4.52 Å². The molecule has 1 aliphatic rings. The molecule has 7 nitrogen and oxygen atoms in total. The third-order valence-corrected chi connectivity index (χ3v) is 5.41. The fraction of sp³-hybridized carbons (Fsp3) is 0.476. The number of hydrogen-bond acceptors (Lipinski definition) is 6. The van der Waals surface area contributed by atoms with Crippen LogP contribution in [0.5, 0.6) is 0 Å². The van der Waals surface area contributed by atoms with E-state index >= 15 is 0 Å². The van der Waals surface area contributed by atoms with Crippen molar-refractivity contribution in [2.24, 2.45) is 0 Å². The van der Waals surface area contributed by atoms with E-state index in [-0.39, 0.29) is 11.6 Å². The highest BCUT2D eigenvalue weighted by Crippen LogP contribution is 2.21. The first kappa shape index (κ1) is 18.7. The van der Waals surface area contributed by atoms with Crippen LogP contribution in [0.4, 0.5) is 5.69 Å². The Morgan fingerprint density at radius 2 is 1.93 bits per heavy atom. The standard InChI is InChI=1S/C21H27N5O2/c1-15(2)26-14-22-20-13-17(4-5-19(20)21(26)27)25-10-8-24(9-11-25)7-6-18-12-16(3)23-28-18/h4-5,12-15H,6-11H2,1-3H3. The molecule has 1 fully saturated rings. The van der Waals surface area contributed by atoms with Crippen LogP contribution in [0.25, 0.3) is 10.9 Å². The maximum atomic E-state index is 12.6. The van der Waals surface area contributed by atoms with Gasteiger partial charge in [-0.05, 0) is 39.0 Å². The highest BCUT2D eigenvalue weighted by atomic mass is 16.5. The topological polar surface area (TPSA) is 67.4 Å². The van der Waals surface area contributed by atoms with Gasteiger partial charge in [0.15, 0.2) is 0 Å². The Hall–Kier alpha value is -2.67. The molecular formula is C21H27N5O2. The third-order valence-electron chi connectivity index (χ3n) is 5.41. The Morgan fingerprint density at radius 1 is 1.14 bits per heavy atom. The molecule has 1 aromatic carbocycles. The van der Waals surface area contributed by atoms with Gasteiger partial charge in [0.25, 0.3) is 5.56 Å². The zero-order valence-electron chi connectivity index (χ0n) is 16.8. The minimum atomic E-state index is 0.0269. The maximum absolute atomic E-state index is 12.6. The minimum absolute atomic E-state index is 0.0269. The van der Waals surface area contributed by atoms with Crippen LogP contribution in [0.15, 0.2) is 39.9 Å². The van der Waals surface area contributed by atoms with Gasteiger partial charge in [-0.2, -0.15) is 0 Å². The van der Waals surface area contributed by atoms with Gasteiger partial charge in [0.05, 0.1) is 22.9 Å². The normalized spacial score (nSPS) is 15.6. The fourth-order valence-electron chi connectivity index (χ4n) is 3.72. The van der Waals surface area contributed by atoms with Gasteiger partial charge in [-0.15, -0.1) is 0 Å². The lowest BCUT2D eigenvalue weighted by Crippen LogP contribution is -2.47. The minimum Gasteiger partial charge on any atom is -0.369 e. The van der Waals surface area contributed by atoms with E-state index in [9.17, 15) is 4.79 Å². The van der Waals surface area contributed by atoms with E-state index in [4.69, 9.17) is 4.52 Å². The molecule has 148 valence electrons. The Balaban J connectivity index is 1.40. The molecule has 1 aliphatic heterocycles. The van der Waals surface area contributed by atoms with Gasteiger partial charge in [0.1, 0.15) is 5.76 Å². The van der Waals surface area contributed by atoms with Crippen LogP contribution in [0.3, 0.4) is 0 Å². The molecule has 3 aromatic rings. The van der Waals surface area contributed by atoms with Gasteiger partial charge >= 0.3 is 0 Å². The summed E-state index contributed by atoms with van der Waals surface area (Å²) in [6, 6.07) is 8.11. The molecule has 0 saturated carbocycles. The molecule has 0 aliphatic carbocycles. The Kier molecular flexibility index (Phi) is 5.17. The summed E-state index contributed by atoms with van der Waals surface area (Å²) in [5, 5.41) is 4.63. The summed E-state index contributed by atoms with van der Waals surface area (Å²) in [5.41, 5.74) is 2.86. The van der Waals surface area contributed by atoms with Crippen LogP contribution in [0.1, 0.15) is 31.3 Å². The lowest BCUT2D eigenvalue weighted by Gasteiger charge is -2.36. The second-order valence-corrected chi connectivity index (χ2v) is 7.77. The van der Waals surface area contributed by atoms with Crippen LogP contribution < -0.4 is 10.5 Å². The molecular weight excluding hydrogens is 354 g/mol. The maximum Gasteiger partial charge on any atom is 0.261 e. The number of benzene rings is 1. The zero-order valence-corrected chi connectivity index (χ0v) is 16.8. The summed E-state index contributed by atoms with van der Waals surface area (Å²) < 4.78 is 6.98. The lowest BCUT2D eigenvalue weighted by atomic mass is 10.2. The quantitative estimate of drug-likeness (QED) is 0.677. The molecule has 0 unspecified atom stereocenters. The average Bonchev–Trinajstić information content (AvgIpc) is 3.12. The van der Waals surface area contributed by atoms with Crippen molar-refractivity contribution in [1.82, 2.24) is 19.6 Å². The van der Waals surface area contributed by atoms with Gasteiger partial charge < -0.3 is 9.42 Å². The largest absolute Gasteiger partial charge is 0.369 e. The summed E-state index contributed by atoms with van der Waals surface area (Å²) in [4.78, 5) is 21.9. The average molecular weight is 381 g/mol. The zero-order chi connectivity index (χ0) is 19.7. The van der Waals surface area contributed by atoms with Gasteiger partial charge in [0, 0.05) is 56.9 Å². The summed E-state index contributed by atoms with van der Waals surface area (Å²) in [5.74, 6) is 0.951. The first-order valence-corrected chi connectivity index (χ1v) is 9.91. The van der Waals surface area contributed by atoms with Crippen molar-refractivity contribution in [1.29, 1.82) is 0 Å². The van der Waals surface area contributed by atoms with Crippen LogP contribution in [-0.2, 0) is 6.42 Å². The van der Waals surface area contributed by atoms with Crippen LogP contribution in [0, 0.1) is 6.92 Å². The first-order valence-electron chi connectivity index (χ1n) is 9.91. The molecule has 0 amide bonds. The van der Waals surface area contributed by atoms with E-state index in [1.54, 1.807) is 10.9 Å². The van der Waals surface area contributed by atoms with Crippen LogP contribution >= 0.6 is 0 Å². The Bertz CT molecular complexity index is 1020. The molecule has 0 spiro atoms. The monoisotopic (exact) mass is 381 g/mol. The lowest BCUT2D eigenvalue weighted by molar-refractivity contribution is 0.250. The molecule has 0 bridgehead atoms. The molecule has 7 heteroatoms. The van der Waals surface area contributed by atoms with Gasteiger partial charge in [-0.1, -0.05) is 5.16 Å². The third kappa shape index (κ3) is 3.80. The van der Waals surface area contributed by atoms with E-state index < -0.39 is 0 Å². The highest BCUT2D eigenvalue weighted by molar-refractivity contribution is 5.81. The van der Waals surface area contributed by atoms with Crippen molar-refractivity contribution in [3.05, 3.63) is 52.4 Å². The molecule has 3 heterocycles. The number of anilines is 1. The van der Waals surface area contributed by atoms with Gasteiger partial charge in [0.2, 0.25) is 0 Å². The summed E-state index contributed by atoms with van der Waals surface area (Å²) in [7, 11) is 0. The number of piperazine rings is 1. The predicted octanol–water partition coefficient (Wildman–Crippen LogP) is 2.64. The number of fused-ring (bicyclic) bond motifs is 1. The number of nitrogens with zero attached hydrogens (tertiary/aromatic N) is 5. The summed E-state index contributed by atoms with van der Waals surface area (Å²) in [6.07, 6.45) is 2.55. The van der Waals surface area contributed by atoms with Crippen molar-refractivity contribution in [2.45, 2.75) is 33.2 Å². The second kappa shape index (κ2) is 7.75. The van der Waals surface area contributed by atoms with Crippen molar-refractivity contribution in [3.63, 3.8) is 0 Å². The molecule has 0 radical (unpaired) electrons. The predicted molar refractivity (Wildman–Crippen MR) is 110 cm³/mol. The van der Waals surface area contributed by atoms with E-state index in [0.717, 1.165) is 61.8 Å². The van der Waals surface area contributed by atoms with E-state index in [0.29, 0.717) is 5.39 Å². The van der Waals surface area contributed by atoms with E-state index in [1.165, 1.54) is 0 Å². The van der Waals surface area contributed by atoms with E-state index in [2.05, 4.69) is 19.9 Å². The highest BCUT2D eigenvalue weighted by Gasteiger charge is 2.18. The van der Waals surface area contributed by atoms with Crippen molar-refractivity contribution in [2.75, 3.05) is 37.6 Å². The van der Waals surface area contributed by atoms with Crippen molar-refractivity contribution >= 4 is 16.6 Å². The molecule has 4 rings (SSSR count). The van der Waals surface area contributed by atoms with Crippen LogP contribution in [0.2, 0.25) is 0 Å². The smallest absolute Gasteiger partial charge is 0.261 e. The molecule has 28 heavy (non-hydrogen) atoms. The number of aryl methyl sites for hydroxylation is 1. The van der Waals surface area contributed by atoms with Gasteiger partial charge in [-0.3, -0.25) is 14.3 Å². The summed E-state index contributed by atoms with van der Waals surface area (Å²) >= 11 is 0. The Labute approximate surface area is 164 Å². The first-order chi connectivity index (χ1) is 13.5. The van der Waals surface area contributed by atoms with Crippen LogP contribution in [-0.4, -0.2) is 52.3 Å².